The molecule has 0 aromatic heterocycles. The van der Waals surface area contributed by atoms with E-state index in [0.29, 0.717) is 25.9 Å². The Balaban J connectivity index is 3.43. The molecular weight excluding hydrogens is 743 g/mol. The normalized spacial score (nSPS) is 12.7. The molecule has 0 aliphatic heterocycles. The SMILES string of the molecule is CCCCCCCC/C=C\CCCCCCCCCCCC(=O)OCCCCCCCCCCCCCC(=O)NC(CO)C(O)CCCCCCCCCCCCCCC. The highest BCUT2D eigenvalue weighted by molar-refractivity contribution is 5.76. The van der Waals surface area contributed by atoms with Crippen LogP contribution in [0.3, 0.4) is 0 Å². The lowest BCUT2D eigenvalue weighted by molar-refractivity contribution is -0.143. The summed E-state index contributed by atoms with van der Waals surface area (Å²) in [5, 5.41) is 23.2. The number of carbonyl (C=O) groups is 2. The van der Waals surface area contributed by atoms with E-state index in [-0.39, 0.29) is 18.5 Å². The Morgan fingerprint density at radius 3 is 1.18 bits per heavy atom. The molecule has 0 aromatic rings. The van der Waals surface area contributed by atoms with Crippen LogP contribution in [0.5, 0.6) is 0 Å². The quantitative estimate of drug-likeness (QED) is 0.0322. The van der Waals surface area contributed by atoms with Crippen LogP contribution in [0.25, 0.3) is 0 Å². The maximum atomic E-state index is 12.4. The maximum absolute atomic E-state index is 12.4. The number of aliphatic hydroxyl groups excluding tert-OH is 2. The molecule has 0 spiro atoms. The van der Waals surface area contributed by atoms with Crippen LogP contribution in [0, 0.1) is 0 Å². The highest BCUT2D eigenvalue weighted by atomic mass is 16.5. The Kier molecular flexibility index (Phi) is 49.1. The highest BCUT2D eigenvalue weighted by Gasteiger charge is 2.20. The first-order chi connectivity index (χ1) is 29.5. The van der Waals surface area contributed by atoms with Gasteiger partial charge in [-0.2, -0.15) is 0 Å². The number of carbonyl (C=O) groups excluding carboxylic acids is 2. The molecule has 0 bridgehead atoms. The summed E-state index contributed by atoms with van der Waals surface area (Å²) in [6.45, 7) is 4.91. The van der Waals surface area contributed by atoms with Crippen LogP contribution in [0.4, 0.5) is 0 Å². The number of ether oxygens (including phenoxy) is 1. The van der Waals surface area contributed by atoms with Crippen LogP contribution < -0.4 is 5.32 Å². The third kappa shape index (κ3) is 46.1. The van der Waals surface area contributed by atoms with Crippen molar-refractivity contribution in [2.45, 2.75) is 309 Å². The van der Waals surface area contributed by atoms with E-state index in [1.54, 1.807) is 0 Å². The molecule has 0 aliphatic rings. The third-order valence-corrected chi connectivity index (χ3v) is 12.6. The minimum Gasteiger partial charge on any atom is -0.466 e. The molecule has 2 unspecified atom stereocenters. The fraction of sp³-hybridized carbons (Fsp3) is 0.926. The molecule has 6 nitrogen and oxygen atoms in total. The molecule has 0 heterocycles. The van der Waals surface area contributed by atoms with Crippen LogP contribution in [-0.2, 0) is 14.3 Å². The van der Waals surface area contributed by atoms with Crippen LogP contribution in [0.1, 0.15) is 296 Å². The number of esters is 1. The number of unbranched alkanes of at least 4 members (excludes halogenated alkanes) is 37. The summed E-state index contributed by atoms with van der Waals surface area (Å²) in [4.78, 5) is 24.5. The summed E-state index contributed by atoms with van der Waals surface area (Å²) < 4.78 is 5.47. The van der Waals surface area contributed by atoms with E-state index in [1.807, 2.05) is 0 Å². The zero-order chi connectivity index (χ0) is 43.7. The van der Waals surface area contributed by atoms with Crippen LogP contribution in [0.15, 0.2) is 12.2 Å². The van der Waals surface area contributed by atoms with Crippen molar-refractivity contribution in [3.63, 3.8) is 0 Å². The summed E-state index contributed by atoms with van der Waals surface area (Å²) >= 11 is 0. The fourth-order valence-electron chi connectivity index (χ4n) is 8.40. The lowest BCUT2D eigenvalue weighted by atomic mass is 10.0. The van der Waals surface area contributed by atoms with Gasteiger partial charge in [-0.25, -0.2) is 0 Å². The van der Waals surface area contributed by atoms with Crippen molar-refractivity contribution in [1.29, 1.82) is 0 Å². The van der Waals surface area contributed by atoms with Crippen molar-refractivity contribution < 1.29 is 24.5 Å². The van der Waals surface area contributed by atoms with Gasteiger partial charge in [0.1, 0.15) is 0 Å². The molecule has 356 valence electrons. The minimum atomic E-state index is -0.675. The molecule has 0 saturated carbocycles. The molecule has 6 heteroatoms. The summed E-state index contributed by atoms with van der Waals surface area (Å²) in [5.74, 6) is -0.0667. The van der Waals surface area contributed by atoms with Gasteiger partial charge in [-0.1, -0.05) is 244 Å². The highest BCUT2D eigenvalue weighted by Crippen LogP contribution is 2.17. The van der Waals surface area contributed by atoms with Gasteiger partial charge in [0.05, 0.1) is 25.4 Å². The van der Waals surface area contributed by atoms with Gasteiger partial charge in [0.25, 0.3) is 0 Å². The number of nitrogens with one attached hydrogen (secondary N) is 1. The van der Waals surface area contributed by atoms with E-state index < -0.39 is 12.1 Å². The van der Waals surface area contributed by atoms with Crippen LogP contribution >= 0.6 is 0 Å². The molecule has 0 radical (unpaired) electrons. The Hall–Kier alpha value is -1.40. The van der Waals surface area contributed by atoms with Gasteiger partial charge < -0.3 is 20.3 Å². The van der Waals surface area contributed by atoms with E-state index >= 15 is 0 Å². The summed E-state index contributed by atoms with van der Waals surface area (Å²) in [5.41, 5.74) is 0. The monoisotopic (exact) mass is 848 g/mol. The third-order valence-electron chi connectivity index (χ3n) is 12.6. The van der Waals surface area contributed by atoms with Crippen LogP contribution in [-0.4, -0.2) is 47.4 Å². The first-order valence-corrected chi connectivity index (χ1v) is 26.9. The number of hydrogen-bond donors (Lipinski definition) is 3. The van der Waals surface area contributed by atoms with Gasteiger partial charge >= 0.3 is 5.97 Å². The Morgan fingerprint density at radius 1 is 0.450 bits per heavy atom. The lowest BCUT2D eigenvalue weighted by Gasteiger charge is -2.22. The Morgan fingerprint density at radius 2 is 0.783 bits per heavy atom. The van der Waals surface area contributed by atoms with Gasteiger partial charge in [-0.05, 0) is 51.4 Å². The number of rotatable bonds is 50. The van der Waals surface area contributed by atoms with Crippen molar-refractivity contribution in [2.75, 3.05) is 13.2 Å². The minimum absolute atomic E-state index is 0.0137. The second-order valence-electron chi connectivity index (χ2n) is 18.6. The molecule has 60 heavy (non-hydrogen) atoms. The zero-order valence-corrected chi connectivity index (χ0v) is 40.5. The van der Waals surface area contributed by atoms with Crippen molar-refractivity contribution in [2.24, 2.45) is 0 Å². The van der Waals surface area contributed by atoms with Crippen molar-refractivity contribution in [3.05, 3.63) is 12.2 Å². The van der Waals surface area contributed by atoms with Gasteiger partial charge in [0.2, 0.25) is 5.91 Å². The second kappa shape index (κ2) is 50.2. The topological polar surface area (TPSA) is 95.9 Å². The lowest BCUT2D eigenvalue weighted by Crippen LogP contribution is -2.45. The summed E-state index contributed by atoms with van der Waals surface area (Å²) in [6.07, 6.45) is 57.5. The first kappa shape index (κ1) is 58.6. The van der Waals surface area contributed by atoms with Crippen molar-refractivity contribution >= 4 is 11.9 Å². The van der Waals surface area contributed by atoms with E-state index in [2.05, 4.69) is 31.3 Å². The van der Waals surface area contributed by atoms with Gasteiger partial charge in [0.15, 0.2) is 0 Å². The summed E-state index contributed by atoms with van der Waals surface area (Å²) in [7, 11) is 0. The molecule has 0 aromatic carbocycles. The van der Waals surface area contributed by atoms with E-state index in [0.717, 1.165) is 57.8 Å². The van der Waals surface area contributed by atoms with Gasteiger partial charge in [-0.3, -0.25) is 9.59 Å². The molecule has 1 amide bonds. The largest absolute Gasteiger partial charge is 0.466 e. The molecule has 0 fully saturated rings. The number of aliphatic hydroxyl groups is 2. The van der Waals surface area contributed by atoms with Crippen molar-refractivity contribution in [1.82, 2.24) is 5.32 Å². The number of hydrogen-bond acceptors (Lipinski definition) is 5. The average molecular weight is 848 g/mol. The maximum Gasteiger partial charge on any atom is 0.305 e. The van der Waals surface area contributed by atoms with Crippen molar-refractivity contribution in [3.8, 4) is 0 Å². The average Bonchev–Trinajstić information content (AvgIpc) is 3.25. The number of amides is 1. The van der Waals surface area contributed by atoms with E-state index in [4.69, 9.17) is 4.74 Å². The fourth-order valence-corrected chi connectivity index (χ4v) is 8.40. The smallest absolute Gasteiger partial charge is 0.305 e. The molecular formula is C54H105NO5. The zero-order valence-electron chi connectivity index (χ0n) is 40.5. The standard InChI is InChI=1S/C54H105NO5/c1-3-5-7-9-11-13-15-17-18-19-20-21-22-24-28-32-36-40-44-48-54(59)60-49-45-41-37-33-29-25-27-31-35-39-43-47-53(58)55-51(50-56)52(57)46-42-38-34-30-26-23-16-14-12-10-8-6-4-2/h17-18,51-52,56-57H,3-16,19-50H2,1-2H3,(H,55,58)/b18-17-. The number of allylic oxidation sites excluding steroid dienone is 2. The Bertz CT molecular complexity index is 893. The predicted molar refractivity (Wildman–Crippen MR) is 260 cm³/mol. The summed E-state index contributed by atoms with van der Waals surface area (Å²) in [6, 6.07) is -0.554. The molecule has 0 saturated heterocycles. The first-order valence-electron chi connectivity index (χ1n) is 26.9. The Labute approximate surface area is 374 Å². The molecule has 3 N–H and O–H groups in total. The molecule has 0 rings (SSSR count). The van der Waals surface area contributed by atoms with Gasteiger partial charge in [-0.15, -0.1) is 0 Å². The van der Waals surface area contributed by atoms with Gasteiger partial charge in [0, 0.05) is 12.8 Å². The predicted octanol–water partition coefficient (Wildman–Crippen LogP) is 16.1. The second-order valence-corrected chi connectivity index (χ2v) is 18.6. The van der Waals surface area contributed by atoms with Crippen LogP contribution in [0.2, 0.25) is 0 Å². The molecule has 0 aliphatic carbocycles. The van der Waals surface area contributed by atoms with E-state index in [9.17, 15) is 19.8 Å². The van der Waals surface area contributed by atoms with E-state index in [1.165, 1.54) is 205 Å². The molecule has 2 atom stereocenters.